The molecule has 0 spiro atoms. The minimum absolute atomic E-state index is 0.00787. The molecule has 0 saturated carbocycles. The van der Waals surface area contributed by atoms with Crippen molar-refractivity contribution in [2.45, 2.75) is 20.8 Å². The second-order valence-corrected chi connectivity index (χ2v) is 3.51. The Morgan fingerprint density at radius 3 is 2.42 bits per heavy atom. The van der Waals surface area contributed by atoms with Gasteiger partial charge in [-0.2, -0.15) is 0 Å². The monoisotopic (exact) mass is 166 g/mol. The average Bonchev–Trinajstić information content (AvgIpc) is 1.97. The van der Waals surface area contributed by atoms with Gasteiger partial charge in [-0.25, -0.2) is 4.79 Å². The molecule has 0 aromatic carbocycles. The van der Waals surface area contributed by atoms with E-state index >= 15 is 0 Å². The summed E-state index contributed by atoms with van der Waals surface area (Å²) in [6, 6.07) is 0. The molecule has 0 N–H and O–H groups in total. The van der Waals surface area contributed by atoms with Crippen LogP contribution < -0.4 is 0 Å². The van der Waals surface area contributed by atoms with Crippen molar-refractivity contribution in [2.24, 2.45) is 5.41 Å². The Morgan fingerprint density at radius 1 is 1.58 bits per heavy atom. The van der Waals surface area contributed by atoms with E-state index in [9.17, 15) is 4.79 Å². The van der Waals surface area contributed by atoms with E-state index in [0.717, 1.165) is 0 Å². The van der Waals surface area contributed by atoms with E-state index in [4.69, 9.17) is 11.2 Å². The van der Waals surface area contributed by atoms with Crippen LogP contribution in [0.4, 0.5) is 0 Å². The zero-order chi connectivity index (χ0) is 9.78. The zero-order valence-electron chi connectivity index (χ0n) is 7.81. The molecule has 12 heavy (non-hydrogen) atoms. The van der Waals surface area contributed by atoms with Gasteiger partial charge in [-0.1, -0.05) is 33.3 Å². The number of terminal acetylenes is 1. The molecule has 0 fully saturated rings. The minimum Gasteiger partial charge on any atom is -0.449 e. The van der Waals surface area contributed by atoms with Crippen LogP contribution in [0.2, 0.25) is 0 Å². The highest BCUT2D eigenvalue weighted by atomic mass is 16.5. The Kier molecular flexibility index (Phi) is 3.56. The molecule has 0 atom stereocenters. The van der Waals surface area contributed by atoms with E-state index in [2.05, 4.69) is 12.5 Å². The number of ether oxygens (including phenoxy) is 1. The molecule has 0 radical (unpaired) electrons. The topological polar surface area (TPSA) is 26.3 Å². The summed E-state index contributed by atoms with van der Waals surface area (Å²) >= 11 is 0. The first-order chi connectivity index (χ1) is 5.39. The number of carbonyl (C=O) groups excluding carboxylic acids is 1. The fourth-order valence-corrected chi connectivity index (χ4v) is 0.501. The lowest BCUT2D eigenvalue weighted by Gasteiger charge is -2.19. The number of hydrogen-bond donors (Lipinski definition) is 0. The Morgan fingerprint density at radius 2 is 2.08 bits per heavy atom. The molecule has 66 valence electrons. The van der Waals surface area contributed by atoms with E-state index in [0.29, 0.717) is 5.57 Å². The molecule has 0 bridgehead atoms. The maximum absolute atomic E-state index is 11.1. The van der Waals surface area contributed by atoms with Crippen LogP contribution in [0.5, 0.6) is 0 Å². The van der Waals surface area contributed by atoms with Gasteiger partial charge in [0.1, 0.15) is 0 Å². The summed E-state index contributed by atoms with van der Waals surface area (Å²) in [6.07, 6.45) is 4.93. The van der Waals surface area contributed by atoms with Crippen LogP contribution in [0.3, 0.4) is 0 Å². The average molecular weight is 166 g/mol. The third-order valence-electron chi connectivity index (χ3n) is 1.44. The van der Waals surface area contributed by atoms with E-state index in [1.54, 1.807) is 0 Å². The van der Waals surface area contributed by atoms with Crippen molar-refractivity contribution >= 4 is 5.97 Å². The molecule has 0 rings (SSSR count). The zero-order valence-corrected chi connectivity index (χ0v) is 7.81. The molecule has 0 unspecified atom stereocenters. The highest BCUT2D eigenvalue weighted by molar-refractivity contribution is 5.89. The third-order valence-corrected chi connectivity index (χ3v) is 1.44. The quantitative estimate of drug-likeness (QED) is 0.355. The smallest absolute Gasteiger partial charge is 0.334 e. The Balaban J connectivity index is 4.15. The fraction of sp³-hybridized carbons (Fsp3) is 0.500. The maximum Gasteiger partial charge on any atom is 0.334 e. The molecule has 2 heteroatoms. The fourth-order valence-electron chi connectivity index (χ4n) is 0.501. The van der Waals surface area contributed by atoms with Crippen LogP contribution in [0, 0.1) is 17.8 Å². The highest BCUT2D eigenvalue weighted by Crippen LogP contribution is 2.24. The first-order valence-electron chi connectivity index (χ1n) is 3.69. The van der Waals surface area contributed by atoms with Crippen LogP contribution in [-0.2, 0) is 9.53 Å². The number of hydrogen-bond acceptors (Lipinski definition) is 2. The molecule has 0 aromatic rings. The van der Waals surface area contributed by atoms with Crippen molar-refractivity contribution in [3.05, 3.63) is 12.2 Å². The lowest BCUT2D eigenvalue weighted by molar-refractivity contribution is -0.138. The molecule has 0 amide bonds. The molecule has 0 aliphatic carbocycles. The van der Waals surface area contributed by atoms with Crippen molar-refractivity contribution in [3.63, 3.8) is 0 Å². The predicted molar refractivity (Wildman–Crippen MR) is 48.4 cm³/mol. The number of carbonyl (C=O) groups is 1. The van der Waals surface area contributed by atoms with E-state index in [-0.39, 0.29) is 12.0 Å². The van der Waals surface area contributed by atoms with Gasteiger partial charge in [0.25, 0.3) is 0 Å². The van der Waals surface area contributed by atoms with Gasteiger partial charge in [0, 0.05) is 5.57 Å². The summed E-state index contributed by atoms with van der Waals surface area (Å²) in [5, 5.41) is 0. The first kappa shape index (κ1) is 10.8. The van der Waals surface area contributed by atoms with Gasteiger partial charge in [0.05, 0.1) is 0 Å². The standard InChI is InChI=1S/C10H14O2/c1-6-7-12-9(11)8(2)10(3,4)5/h1H,2,7H2,3-5H3. The van der Waals surface area contributed by atoms with Gasteiger partial charge in [0.15, 0.2) is 6.61 Å². The Bertz CT molecular complexity index is 225. The molecule has 0 aliphatic rings. The summed E-state index contributed by atoms with van der Waals surface area (Å²) in [7, 11) is 0. The van der Waals surface area contributed by atoms with Crippen molar-refractivity contribution in [3.8, 4) is 12.3 Å². The van der Waals surface area contributed by atoms with Gasteiger partial charge in [-0.05, 0) is 5.41 Å². The van der Waals surface area contributed by atoms with E-state index in [1.807, 2.05) is 20.8 Å². The summed E-state index contributed by atoms with van der Waals surface area (Å²) < 4.78 is 4.70. The molecule has 0 aromatic heterocycles. The lowest BCUT2D eigenvalue weighted by atomic mass is 9.88. The van der Waals surface area contributed by atoms with Gasteiger partial charge < -0.3 is 4.74 Å². The van der Waals surface area contributed by atoms with Crippen molar-refractivity contribution in [1.82, 2.24) is 0 Å². The molecular formula is C10H14O2. The van der Waals surface area contributed by atoms with Gasteiger partial charge >= 0.3 is 5.97 Å². The lowest BCUT2D eigenvalue weighted by Crippen LogP contribution is -2.19. The van der Waals surface area contributed by atoms with Crippen LogP contribution in [-0.4, -0.2) is 12.6 Å². The largest absolute Gasteiger partial charge is 0.449 e. The summed E-state index contributed by atoms with van der Waals surface area (Å²) in [6.45, 7) is 9.33. The molecule has 0 aliphatic heterocycles. The first-order valence-corrected chi connectivity index (χ1v) is 3.69. The Labute approximate surface area is 73.6 Å². The normalized spacial score (nSPS) is 10.2. The van der Waals surface area contributed by atoms with Crippen LogP contribution in [0.15, 0.2) is 12.2 Å². The molecular weight excluding hydrogens is 152 g/mol. The van der Waals surface area contributed by atoms with Gasteiger partial charge in [-0.15, -0.1) is 6.42 Å². The van der Waals surface area contributed by atoms with Crippen LogP contribution >= 0.6 is 0 Å². The van der Waals surface area contributed by atoms with Crippen molar-refractivity contribution in [1.29, 1.82) is 0 Å². The number of rotatable bonds is 2. The van der Waals surface area contributed by atoms with E-state index < -0.39 is 5.97 Å². The maximum atomic E-state index is 11.1. The van der Waals surface area contributed by atoms with Crippen molar-refractivity contribution in [2.75, 3.05) is 6.61 Å². The summed E-state index contributed by atoms with van der Waals surface area (Å²) in [4.78, 5) is 11.1. The third kappa shape index (κ3) is 3.25. The summed E-state index contributed by atoms with van der Waals surface area (Å²) in [5.41, 5.74) is 0.184. The van der Waals surface area contributed by atoms with E-state index in [1.165, 1.54) is 0 Å². The molecule has 0 saturated heterocycles. The van der Waals surface area contributed by atoms with Crippen LogP contribution in [0.25, 0.3) is 0 Å². The van der Waals surface area contributed by atoms with Crippen molar-refractivity contribution < 1.29 is 9.53 Å². The number of esters is 1. The highest BCUT2D eigenvalue weighted by Gasteiger charge is 2.22. The van der Waals surface area contributed by atoms with Gasteiger partial charge in [0.2, 0.25) is 0 Å². The second kappa shape index (κ2) is 3.96. The second-order valence-electron chi connectivity index (χ2n) is 3.51. The predicted octanol–water partition coefficient (Wildman–Crippen LogP) is 1.77. The Hall–Kier alpha value is -1.23. The SMILES string of the molecule is C#CCOC(=O)C(=C)C(C)(C)C. The summed E-state index contributed by atoms with van der Waals surface area (Å²) in [5.74, 6) is 1.80. The molecule has 2 nitrogen and oxygen atoms in total. The molecule has 0 heterocycles. The van der Waals surface area contributed by atoms with Crippen LogP contribution in [0.1, 0.15) is 20.8 Å². The minimum atomic E-state index is -0.416. The van der Waals surface area contributed by atoms with Gasteiger partial charge in [-0.3, -0.25) is 0 Å².